The monoisotopic (exact) mass is 379 g/mol. The fourth-order valence-corrected chi connectivity index (χ4v) is 2.34. The van der Waals surface area contributed by atoms with Gasteiger partial charge in [0.05, 0.1) is 0 Å². The molecule has 0 fully saturated rings. The van der Waals surface area contributed by atoms with Crippen molar-refractivity contribution in [1.82, 2.24) is 15.1 Å². The lowest BCUT2D eigenvalue weighted by Gasteiger charge is -2.20. The summed E-state index contributed by atoms with van der Waals surface area (Å²) in [7, 11) is 0. The molecular weight excluding hydrogens is 359 g/mol. The van der Waals surface area contributed by atoms with Gasteiger partial charge in [0.25, 0.3) is 5.89 Å². The number of carbonyl (C=O) groups excluding carboxylic acids is 1. The number of amides is 1. The lowest BCUT2D eigenvalue weighted by Crippen LogP contribution is -2.28. The highest BCUT2D eigenvalue weighted by Crippen LogP contribution is 2.25. The fraction of sp³-hybridized carbons (Fsp3) is 0.316. The second kappa shape index (κ2) is 9.16. The van der Waals surface area contributed by atoms with Gasteiger partial charge >= 0.3 is 6.43 Å². The van der Waals surface area contributed by atoms with Gasteiger partial charge in [-0.05, 0) is 26.0 Å². The highest BCUT2D eigenvalue weighted by molar-refractivity contribution is 5.73. The minimum absolute atomic E-state index is 0.0766. The number of nitrogens with zero attached hydrogens (tertiary/aromatic N) is 3. The molecule has 0 aliphatic rings. The minimum atomic E-state index is -2.89. The third kappa shape index (κ3) is 5.54. The van der Waals surface area contributed by atoms with Gasteiger partial charge in [0.2, 0.25) is 11.8 Å². The Bertz CT molecular complexity index is 860. The normalized spacial score (nSPS) is 12.2. The minimum Gasteiger partial charge on any atom is -0.415 e. The van der Waals surface area contributed by atoms with Crippen LogP contribution in [0.5, 0.6) is 0 Å². The van der Waals surface area contributed by atoms with E-state index in [0.29, 0.717) is 12.1 Å². The van der Waals surface area contributed by atoms with Gasteiger partial charge in [-0.2, -0.15) is 8.78 Å². The molecule has 2 aromatic rings. The third-order valence-corrected chi connectivity index (χ3v) is 3.80. The SMILES string of the molecule is C/C=C\C(C)=C/CN(Cc1ccc(-c2nnc(C(F)F)o2)cc1F)C(C)=O. The van der Waals surface area contributed by atoms with Gasteiger partial charge in [-0.25, -0.2) is 4.39 Å². The average Bonchev–Trinajstić information content (AvgIpc) is 3.10. The Balaban J connectivity index is 2.17. The summed E-state index contributed by atoms with van der Waals surface area (Å²) in [6, 6.07) is 4.08. The molecule has 0 bridgehead atoms. The Kier molecular flexibility index (Phi) is 6.92. The average molecular weight is 379 g/mol. The number of hydrogen-bond donors (Lipinski definition) is 0. The molecule has 0 spiro atoms. The molecule has 0 N–H and O–H groups in total. The van der Waals surface area contributed by atoms with E-state index in [4.69, 9.17) is 4.42 Å². The highest BCUT2D eigenvalue weighted by Gasteiger charge is 2.18. The molecule has 27 heavy (non-hydrogen) atoms. The summed E-state index contributed by atoms with van der Waals surface area (Å²) in [6.45, 7) is 5.63. The predicted molar refractivity (Wildman–Crippen MR) is 94.3 cm³/mol. The molecule has 1 amide bonds. The second-order valence-corrected chi connectivity index (χ2v) is 5.90. The molecule has 0 unspecified atom stereocenters. The number of carbonyl (C=O) groups is 1. The molecule has 144 valence electrons. The number of allylic oxidation sites excluding steroid dienone is 3. The number of hydrogen-bond acceptors (Lipinski definition) is 4. The smallest absolute Gasteiger partial charge is 0.314 e. The molecular formula is C19H20F3N3O2. The van der Waals surface area contributed by atoms with Crippen LogP contribution in [0.15, 0.2) is 46.4 Å². The van der Waals surface area contributed by atoms with Gasteiger partial charge in [0.15, 0.2) is 0 Å². The number of rotatable bonds is 7. The van der Waals surface area contributed by atoms with Crippen molar-refractivity contribution >= 4 is 5.91 Å². The fourth-order valence-electron chi connectivity index (χ4n) is 2.34. The highest BCUT2D eigenvalue weighted by atomic mass is 19.3. The summed E-state index contributed by atoms with van der Waals surface area (Å²) in [5.41, 5.74) is 1.47. The van der Waals surface area contributed by atoms with E-state index in [1.807, 2.05) is 32.1 Å². The van der Waals surface area contributed by atoms with Gasteiger partial charge in [-0.1, -0.05) is 29.9 Å². The molecule has 0 saturated carbocycles. The van der Waals surface area contributed by atoms with Crippen LogP contribution in [0.25, 0.3) is 11.5 Å². The number of benzene rings is 1. The molecule has 2 rings (SSSR count). The number of alkyl halides is 2. The summed E-state index contributed by atoms with van der Waals surface area (Å²) in [4.78, 5) is 13.3. The van der Waals surface area contributed by atoms with Gasteiger partial charge in [-0.3, -0.25) is 4.79 Å². The molecule has 0 atom stereocenters. The zero-order chi connectivity index (χ0) is 20.0. The summed E-state index contributed by atoms with van der Waals surface area (Å²) in [6.07, 6.45) is 2.78. The van der Waals surface area contributed by atoms with E-state index in [-0.39, 0.29) is 23.9 Å². The second-order valence-electron chi connectivity index (χ2n) is 5.90. The maximum atomic E-state index is 14.4. The van der Waals surface area contributed by atoms with Crippen molar-refractivity contribution in [3.8, 4) is 11.5 Å². The van der Waals surface area contributed by atoms with Gasteiger partial charge in [-0.15, -0.1) is 10.2 Å². The largest absolute Gasteiger partial charge is 0.415 e. The molecule has 0 radical (unpaired) electrons. The van der Waals surface area contributed by atoms with Crippen molar-refractivity contribution in [3.63, 3.8) is 0 Å². The first-order valence-electron chi connectivity index (χ1n) is 8.27. The predicted octanol–water partition coefficient (Wildman–Crippen LogP) is 4.68. The molecule has 0 aliphatic carbocycles. The van der Waals surface area contributed by atoms with E-state index in [1.54, 1.807) is 0 Å². The zero-order valence-electron chi connectivity index (χ0n) is 15.2. The van der Waals surface area contributed by atoms with Crippen LogP contribution in [-0.4, -0.2) is 27.5 Å². The van der Waals surface area contributed by atoms with Gasteiger partial charge < -0.3 is 9.32 Å². The molecule has 0 aliphatic heterocycles. The maximum absolute atomic E-state index is 14.4. The Labute approximate surface area is 155 Å². The van der Waals surface area contributed by atoms with E-state index in [2.05, 4.69) is 10.2 Å². The summed E-state index contributed by atoms with van der Waals surface area (Å²) in [5, 5.41) is 6.71. The Morgan fingerprint density at radius 2 is 2.04 bits per heavy atom. The number of aromatic nitrogens is 2. The van der Waals surface area contributed by atoms with Crippen molar-refractivity contribution in [2.24, 2.45) is 0 Å². The number of halogens is 3. The molecule has 1 aromatic heterocycles. The lowest BCUT2D eigenvalue weighted by atomic mass is 10.1. The Morgan fingerprint density at radius 3 is 2.59 bits per heavy atom. The first-order valence-corrected chi connectivity index (χ1v) is 8.27. The van der Waals surface area contributed by atoms with Crippen LogP contribution < -0.4 is 0 Å². The quantitative estimate of drug-likeness (QED) is 0.655. The van der Waals surface area contributed by atoms with Crippen molar-refractivity contribution in [3.05, 3.63) is 59.3 Å². The van der Waals surface area contributed by atoms with Crippen molar-refractivity contribution < 1.29 is 22.4 Å². The van der Waals surface area contributed by atoms with E-state index in [1.165, 1.54) is 24.0 Å². The van der Waals surface area contributed by atoms with Crippen LogP contribution >= 0.6 is 0 Å². The standard InChI is InChI=1S/C19H20F3N3O2/c1-4-5-12(2)8-9-25(13(3)26)11-15-7-6-14(10-16(15)20)18-23-24-19(27-18)17(21)22/h4-8,10,17H,9,11H2,1-3H3/b5-4-,12-8-. The van der Waals surface area contributed by atoms with E-state index in [0.717, 1.165) is 11.6 Å². The van der Waals surface area contributed by atoms with E-state index in [9.17, 15) is 18.0 Å². The van der Waals surface area contributed by atoms with Crippen molar-refractivity contribution in [2.45, 2.75) is 33.7 Å². The lowest BCUT2D eigenvalue weighted by molar-refractivity contribution is -0.128. The topological polar surface area (TPSA) is 59.2 Å². The van der Waals surface area contributed by atoms with Crippen LogP contribution in [0.3, 0.4) is 0 Å². The van der Waals surface area contributed by atoms with Gasteiger partial charge in [0, 0.05) is 31.1 Å². The molecule has 0 saturated heterocycles. The molecule has 1 heterocycles. The van der Waals surface area contributed by atoms with Crippen LogP contribution in [-0.2, 0) is 11.3 Å². The van der Waals surface area contributed by atoms with E-state index >= 15 is 0 Å². The maximum Gasteiger partial charge on any atom is 0.314 e. The molecule has 1 aromatic carbocycles. The summed E-state index contributed by atoms with van der Waals surface area (Å²) in [5.74, 6) is -1.80. The van der Waals surface area contributed by atoms with Crippen molar-refractivity contribution in [2.75, 3.05) is 6.54 Å². The summed E-state index contributed by atoms with van der Waals surface area (Å²) >= 11 is 0. The third-order valence-electron chi connectivity index (χ3n) is 3.80. The molecule has 5 nitrogen and oxygen atoms in total. The Hall–Kier alpha value is -2.90. The zero-order valence-corrected chi connectivity index (χ0v) is 15.2. The van der Waals surface area contributed by atoms with Crippen LogP contribution in [0, 0.1) is 5.82 Å². The summed E-state index contributed by atoms with van der Waals surface area (Å²) < 4.78 is 44.3. The van der Waals surface area contributed by atoms with Crippen LogP contribution in [0.4, 0.5) is 13.2 Å². The van der Waals surface area contributed by atoms with Gasteiger partial charge in [0.1, 0.15) is 5.82 Å². The van der Waals surface area contributed by atoms with E-state index < -0.39 is 18.1 Å². The molecule has 8 heteroatoms. The first kappa shape index (κ1) is 20.4. The first-order chi connectivity index (χ1) is 12.8. The van der Waals surface area contributed by atoms with Crippen LogP contribution in [0.2, 0.25) is 0 Å². The van der Waals surface area contributed by atoms with Crippen LogP contribution in [0.1, 0.15) is 38.7 Å². The van der Waals surface area contributed by atoms with Crippen molar-refractivity contribution in [1.29, 1.82) is 0 Å². The Morgan fingerprint density at radius 1 is 1.30 bits per heavy atom.